The van der Waals surface area contributed by atoms with Gasteiger partial charge in [0.2, 0.25) is 0 Å². The zero-order valence-corrected chi connectivity index (χ0v) is 14.0. The van der Waals surface area contributed by atoms with Crippen molar-refractivity contribution in [3.63, 3.8) is 0 Å². The van der Waals surface area contributed by atoms with Crippen LogP contribution in [0.3, 0.4) is 0 Å². The first-order valence-corrected chi connectivity index (χ1v) is 7.66. The van der Waals surface area contributed by atoms with Crippen LogP contribution in [0.25, 0.3) is 5.69 Å². The molecule has 6 nitrogen and oxygen atoms in total. The van der Waals surface area contributed by atoms with Gasteiger partial charge < -0.3 is 0 Å². The number of rotatable bonds is 4. The van der Waals surface area contributed by atoms with Crippen LogP contribution in [-0.4, -0.2) is 19.9 Å². The molecule has 0 spiro atoms. The summed E-state index contributed by atoms with van der Waals surface area (Å²) in [5, 5.41) is 19.3. The molecule has 1 unspecified atom stereocenters. The molecule has 0 saturated heterocycles. The third kappa shape index (κ3) is 2.90. The Labute approximate surface area is 132 Å². The summed E-state index contributed by atoms with van der Waals surface area (Å²) in [6.45, 7) is 3.82. The van der Waals surface area contributed by atoms with E-state index in [0.29, 0.717) is 10.2 Å². The van der Waals surface area contributed by atoms with Gasteiger partial charge in [0.25, 0.3) is 5.69 Å². The summed E-state index contributed by atoms with van der Waals surface area (Å²) in [4.78, 5) is 10.9. The van der Waals surface area contributed by atoms with Crippen molar-refractivity contribution in [2.24, 2.45) is 0 Å². The maximum absolute atomic E-state index is 11.2. The molecule has 0 aliphatic carbocycles. The molecule has 2 aromatic rings. The number of aromatic nitrogens is 3. The molecule has 8 heteroatoms. The molecule has 0 aliphatic heterocycles. The van der Waals surface area contributed by atoms with Crippen molar-refractivity contribution >= 4 is 37.5 Å². The van der Waals surface area contributed by atoms with Gasteiger partial charge in [0.1, 0.15) is 0 Å². The van der Waals surface area contributed by atoms with Crippen LogP contribution in [0.4, 0.5) is 5.69 Å². The molecule has 1 aromatic heterocycles. The second-order valence-electron chi connectivity index (χ2n) is 4.34. The Morgan fingerprint density at radius 2 is 2.20 bits per heavy atom. The van der Waals surface area contributed by atoms with Crippen LogP contribution in [0.2, 0.25) is 0 Å². The Hall–Kier alpha value is -1.28. The standard InChI is InChI=1S/C12H12Br2N4O2/c1-3-8(13)10-6-17(16-15-10)12-9(14)4-7(2)5-11(12)18(19)20/h4-6,8H,3H2,1-2H3. The molecule has 106 valence electrons. The molecule has 20 heavy (non-hydrogen) atoms. The van der Waals surface area contributed by atoms with Gasteiger partial charge in [-0.25, -0.2) is 4.68 Å². The van der Waals surface area contributed by atoms with Gasteiger partial charge in [-0.15, -0.1) is 5.10 Å². The maximum Gasteiger partial charge on any atom is 0.296 e. The number of hydrogen-bond donors (Lipinski definition) is 0. The predicted octanol–water partition coefficient (Wildman–Crippen LogP) is 4.09. The summed E-state index contributed by atoms with van der Waals surface area (Å²) in [5.41, 5.74) is 1.93. The molecule has 2 rings (SSSR count). The van der Waals surface area contributed by atoms with Crippen LogP contribution in [-0.2, 0) is 0 Å². The number of alkyl halides is 1. The Balaban J connectivity index is 2.57. The highest BCUT2D eigenvalue weighted by atomic mass is 79.9. The number of halogens is 2. The first-order chi connectivity index (χ1) is 9.43. The average Bonchev–Trinajstić information content (AvgIpc) is 2.86. The first kappa shape index (κ1) is 15.1. The van der Waals surface area contributed by atoms with Gasteiger partial charge in [0.05, 0.1) is 26.1 Å². The number of nitro benzene ring substituents is 1. The van der Waals surface area contributed by atoms with Crippen molar-refractivity contribution < 1.29 is 4.92 Å². The van der Waals surface area contributed by atoms with Gasteiger partial charge in [0, 0.05) is 6.07 Å². The highest BCUT2D eigenvalue weighted by Gasteiger charge is 2.21. The van der Waals surface area contributed by atoms with Crippen LogP contribution in [0, 0.1) is 17.0 Å². The van der Waals surface area contributed by atoms with E-state index in [1.165, 1.54) is 10.7 Å². The van der Waals surface area contributed by atoms with E-state index in [4.69, 9.17) is 0 Å². The molecule has 0 aliphatic rings. The highest BCUT2D eigenvalue weighted by molar-refractivity contribution is 9.10. The molecule has 0 saturated carbocycles. The van der Waals surface area contributed by atoms with Crippen molar-refractivity contribution in [1.29, 1.82) is 0 Å². The summed E-state index contributed by atoms with van der Waals surface area (Å²) in [7, 11) is 0. The molecule has 0 bridgehead atoms. The second kappa shape index (κ2) is 6.01. The third-order valence-corrected chi connectivity index (χ3v) is 4.52. The molecule has 1 atom stereocenters. The van der Waals surface area contributed by atoms with E-state index in [-0.39, 0.29) is 10.5 Å². The maximum atomic E-state index is 11.2. The molecule has 0 N–H and O–H groups in total. The third-order valence-electron chi connectivity index (χ3n) is 2.80. The van der Waals surface area contributed by atoms with Crippen LogP contribution in [0.1, 0.15) is 29.4 Å². The Kier molecular flexibility index (Phi) is 4.54. The highest BCUT2D eigenvalue weighted by Crippen LogP contribution is 2.33. The smallest absolute Gasteiger partial charge is 0.258 e. The molecule has 0 radical (unpaired) electrons. The number of hydrogen-bond acceptors (Lipinski definition) is 4. The van der Waals surface area contributed by atoms with Crippen molar-refractivity contribution in [2.45, 2.75) is 25.1 Å². The largest absolute Gasteiger partial charge is 0.296 e. The Bertz CT molecular complexity index is 657. The zero-order chi connectivity index (χ0) is 14.9. The lowest BCUT2D eigenvalue weighted by Crippen LogP contribution is -2.02. The summed E-state index contributed by atoms with van der Waals surface area (Å²) >= 11 is 6.85. The number of nitro groups is 1. The van der Waals surface area contributed by atoms with Gasteiger partial charge in [-0.2, -0.15) is 0 Å². The van der Waals surface area contributed by atoms with Gasteiger partial charge in [0.15, 0.2) is 5.69 Å². The normalized spacial score (nSPS) is 12.4. The molecular formula is C12H12Br2N4O2. The topological polar surface area (TPSA) is 73.8 Å². The van der Waals surface area contributed by atoms with Crippen molar-refractivity contribution in [2.75, 3.05) is 0 Å². The van der Waals surface area contributed by atoms with Crippen molar-refractivity contribution in [1.82, 2.24) is 15.0 Å². The minimum atomic E-state index is -0.417. The van der Waals surface area contributed by atoms with E-state index in [1.54, 1.807) is 13.1 Å². The summed E-state index contributed by atoms with van der Waals surface area (Å²) in [6, 6.07) is 3.34. The lowest BCUT2D eigenvalue weighted by Gasteiger charge is -2.06. The van der Waals surface area contributed by atoms with Gasteiger partial charge in [-0.3, -0.25) is 10.1 Å². The van der Waals surface area contributed by atoms with Crippen LogP contribution >= 0.6 is 31.9 Å². The van der Waals surface area contributed by atoms with Crippen LogP contribution in [0.15, 0.2) is 22.8 Å². The zero-order valence-electron chi connectivity index (χ0n) is 10.9. The fourth-order valence-electron chi connectivity index (χ4n) is 1.82. The summed E-state index contributed by atoms with van der Waals surface area (Å²) in [5.74, 6) is 0. The van der Waals surface area contributed by atoms with E-state index in [2.05, 4.69) is 42.2 Å². The predicted molar refractivity (Wildman–Crippen MR) is 82.4 cm³/mol. The van der Waals surface area contributed by atoms with Gasteiger partial charge >= 0.3 is 0 Å². The van der Waals surface area contributed by atoms with Crippen molar-refractivity contribution in [3.05, 3.63) is 44.2 Å². The molecule has 0 fully saturated rings. The quantitative estimate of drug-likeness (QED) is 0.437. The fraction of sp³-hybridized carbons (Fsp3) is 0.333. The van der Waals surface area contributed by atoms with Crippen molar-refractivity contribution in [3.8, 4) is 5.69 Å². The van der Waals surface area contributed by atoms with E-state index >= 15 is 0 Å². The molecule has 1 aromatic carbocycles. The van der Waals surface area contributed by atoms with E-state index in [9.17, 15) is 10.1 Å². The Morgan fingerprint density at radius 3 is 2.80 bits per heavy atom. The number of benzene rings is 1. The minimum Gasteiger partial charge on any atom is -0.258 e. The van der Waals surface area contributed by atoms with E-state index in [1.807, 2.05) is 13.0 Å². The SMILES string of the molecule is CCC(Br)c1cn(-c2c(Br)cc(C)cc2[N+](=O)[O-])nn1. The molecular weight excluding hydrogens is 392 g/mol. The van der Waals surface area contributed by atoms with E-state index in [0.717, 1.165) is 17.7 Å². The number of aryl methyl sites for hydroxylation is 1. The second-order valence-corrected chi connectivity index (χ2v) is 6.30. The number of nitrogens with zero attached hydrogens (tertiary/aromatic N) is 4. The van der Waals surface area contributed by atoms with E-state index < -0.39 is 4.92 Å². The van der Waals surface area contributed by atoms with Crippen LogP contribution in [0.5, 0.6) is 0 Å². The average molecular weight is 404 g/mol. The molecule has 1 heterocycles. The monoisotopic (exact) mass is 402 g/mol. The fourth-order valence-corrected chi connectivity index (χ4v) is 2.78. The summed E-state index contributed by atoms with van der Waals surface area (Å²) in [6.07, 6.45) is 2.56. The summed E-state index contributed by atoms with van der Waals surface area (Å²) < 4.78 is 2.05. The lowest BCUT2D eigenvalue weighted by atomic mass is 10.2. The molecule has 0 amide bonds. The van der Waals surface area contributed by atoms with Gasteiger partial charge in [-0.05, 0) is 40.9 Å². The van der Waals surface area contributed by atoms with Gasteiger partial charge in [-0.1, -0.05) is 28.1 Å². The lowest BCUT2D eigenvalue weighted by molar-refractivity contribution is -0.384. The first-order valence-electron chi connectivity index (χ1n) is 5.95. The Morgan fingerprint density at radius 1 is 1.50 bits per heavy atom. The minimum absolute atomic E-state index is 0.00375. The van der Waals surface area contributed by atoms with Crippen LogP contribution < -0.4 is 0 Å².